The molecule has 3 atom stereocenters. The minimum absolute atomic E-state index is 0. The van der Waals surface area contributed by atoms with Crippen molar-refractivity contribution in [3.8, 4) is 0 Å². The lowest BCUT2D eigenvalue weighted by atomic mass is 9.71. The summed E-state index contributed by atoms with van der Waals surface area (Å²) < 4.78 is 0. The van der Waals surface area contributed by atoms with E-state index in [1.807, 2.05) is 0 Å². The molecule has 15 heavy (non-hydrogen) atoms. The number of fused-ring (bicyclic) bond motifs is 4. The van der Waals surface area contributed by atoms with E-state index < -0.39 is 0 Å². The fraction of sp³-hybridized carbons (Fsp3) is 0.385. The van der Waals surface area contributed by atoms with Gasteiger partial charge in [-0.3, -0.25) is 0 Å². The lowest BCUT2D eigenvalue weighted by molar-refractivity contribution is -0.418. The van der Waals surface area contributed by atoms with Crippen LogP contribution in [0.15, 0.2) is 36.4 Å². The molecule has 2 bridgehead atoms. The van der Waals surface area contributed by atoms with Crippen LogP contribution in [0.25, 0.3) is 0 Å². The van der Waals surface area contributed by atoms with Crippen molar-refractivity contribution in [3.63, 3.8) is 0 Å². The van der Waals surface area contributed by atoms with Gasteiger partial charge in [0.2, 0.25) is 0 Å². The monoisotopic (exact) mass is 221 g/mol. The number of halogens is 1. The Labute approximate surface area is 96.8 Å². The second kappa shape index (κ2) is 3.99. The van der Waals surface area contributed by atoms with E-state index in [0.29, 0.717) is 12.0 Å². The van der Waals surface area contributed by atoms with E-state index in [0.717, 1.165) is 5.92 Å². The van der Waals surface area contributed by atoms with Crippen molar-refractivity contribution in [1.29, 1.82) is 0 Å². The van der Waals surface area contributed by atoms with Crippen molar-refractivity contribution < 1.29 is 18.1 Å². The number of benzene rings is 1. The van der Waals surface area contributed by atoms with Crippen molar-refractivity contribution in [3.05, 3.63) is 47.5 Å². The summed E-state index contributed by atoms with van der Waals surface area (Å²) in [5, 5.41) is 0. The normalized spacial score (nSPS) is 31.7. The third-order valence-corrected chi connectivity index (χ3v) is 3.69. The molecule has 0 saturated carbocycles. The molecule has 1 aromatic rings. The Hall–Kier alpha value is -0.790. The standard InChI is InChI=1S/C13H15N.ClH/c14-13-6-5-10-8-11(13)7-9-3-1-2-4-12(9)10;/h1-6,10-11,13H,7-8,14H2;1H/t10-,11-,13+;/m0./s1. The molecule has 0 saturated heterocycles. The first-order valence-electron chi connectivity index (χ1n) is 5.44. The Morgan fingerprint density at radius 1 is 1.13 bits per heavy atom. The summed E-state index contributed by atoms with van der Waals surface area (Å²) in [4.78, 5) is 0. The molecule has 0 amide bonds. The Balaban J connectivity index is 0.000000853. The molecule has 0 aromatic heterocycles. The van der Waals surface area contributed by atoms with E-state index in [4.69, 9.17) is 0 Å². The Kier molecular flexibility index (Phi) is 2.85. The second-order valence-electron chi connectivity index (χ2n) is 4.55. The first-order valence-corrected chi connectivity index (χ1v) is 5.44. The van der Waals surface area contributed by atoms with Crippen LogP contribution in [0, 0.1) is 5.92 Å². The van der Waals surface area contributed by atoms with Gasteiger partial charge in [0, 0.05) is 11.8 Å². The van der Waals surface area contributed by atoms with Crippen LogP contribution in [0.1, 0.15) is 23.5 Å². The molecule has 2 aliphatic rings. The fourth-order valence-corrected chi connectivity index (χ4v) is 2.84. The lowest BCUT2D eigenvalue weighted by Crippen LogP contribution is -3.00. The van der Waals surface area contributed by atoms with Gasteiger partial charge in [-0.15, -0.1) is 0 Å². The predicted molar refractivity (Wildman–Crippen MR) is 56.8 cm³/mol. The average Bonchev–Trinajstić information content (AvgIpc) is 2.24. The Morgan fingerprint density at radius 2 is 1.93 bits per heavy atom. The number of hydrogen-bond donors (Lipinski definition) is 1. The second-order valence-corrected chi connectivity index (χ2v) is 4.55. The van der Waals surface area contributed by atoms with Crippen molar-refractivity contribution >= 4 is 0 Å². The molecular weight excluding hydrogens is 206 g/mol. The van der Waals surface area contributed by atoms with Crippen molar-refractivity contribution in [2.24, 2.45) is 5.92 Å². The molecule has 0 unspecified atom stereocenters. The summed E-state index contributed by atoms with van der Waals surface area (Å²) in [5.41, 5.74) is 7.30. The zero-order valence-electron chi connectivity index (χ0n) is 8.70. The third kappa shape index (κ3) is 1.70. The highest BCUT2D eigenvalue weighted by molar-refractivity contribution is 5.37. The molecule has 0 spiro atoms. The predicted octanol–water partition coefficient (Wildman–Crippen LogP) is -1.48. The largest absolute Gasteiger partial charge is 1.00 e. The van der Waals surface area contributed by atoms with Crippen LogP contribution >= 0.6 is 0 Å². The summed E-state index contributed by atoms with van der Waals surface area (Å²) in [6, 6.07) is 9.40. The van der Waals surface area contributed by atoms with Gasteiger partial charge in [-0.2, -0.15) is 0 Å². The maximum absolute atomic E-state index is 4.20. The third-order valence-electron chi connectivity index (χ3n) is 3.69. The van der Waals surface area contributed by atoms with Gasteiger partial charge < -0.3 is 18.1 Å². The topological polar surface area (TPSA) is 27.6 Å². The zero-order valence-corrected chi connectivity index (χ0v) is 9.45. The minimum atomic E-state index is 0. The van der Waals surface area contributed by atoms with Crippen molar-refractivity contribution in [2.45, 2.75) is 24.8 Å². The van der Waals surface area contributed by atoms with Gasteiger partial charge in [-0.05, 0) is 30.0 Å². The van der Waals surface area contributed by atoms with Crippen LogP contribution in [0.3, 0.4) is 0 Å². The molecule has 0 heterocycles. The smallest absolute Gasteiger partial charge is 0.106 e. The molecule has 1 aromatic carbocycles. The molecule has 3 rings (SSSR count). The quantitative estimate of drug-likeness (QED) is 0.518. The maximum Gasteiger partial charge on any atom is 0.106 e. The molecule has 2 aliphatic carbocycles. The van der Waals surface area contributed by atoms with Gasteiger partial charge in [0.1, 0.15) is 6.04 Å². The maximum atomic E-state index is 4.20. The highest BCUT2D eigenvalue weighted by Crippen LogP contribution is 2.39. The van der Waals surface area contributed by atoms with Crippen LogP contribution in [0.5, 0.6) is 0 Å². The lowest BCUT2D eigenvalue weighted by Gasteiger charge is -2.34. The molecular formula is C13H16ClN. The fourth-order valence-electron chi connectivity index (χ4n) is 2.84. The molecule has 2 heteroatoms. The SMILES string of the molecule is [Cl-].[NH3+][C@@H]1C=C[C@H]2C[C@@H]1Cc1ccccc12. The van der Waals surface area contributed by atoms with E-state index in [2.05, 4.69) is 42.2 Å². The van der Waals surface area contributed by atoms with Gasteiger partial charge in [-0.1, -0.05) is 30.3 Å². The van der Waals surface area contributed by atoms with Crippen LogP contribution in [-0.2, 0) is 6.42 Å². The summed E-state index contributed by atoms with van der Waals surface area (Å²) >= 11 is 0. The average molecular weight is 222 g/mol. The van der Waals surface area contributed by atoms with Gasteiger partial charge in [-0.25, -0.2) is 0 Å². The minimum Gasteiger partial charge on any atom is -1.00 e. The van der Waals surface area contributed by atoms with E-state index in [1.165, 1.54) is 12.8 Å². The summed E-state index contributed by atoms with van der Waals surface area (Å²) in [5.74, 6) is 1.45. The summed E-state index contributed by atoms with van der Waals surface area (Å²) in [6.07, 6.45) is 7.19. The first kappa shape index (κ1) is 10.7. The summed E-state index contributed by atoms with van der Waals surface area (Å²) in [6.45, 7) is 0. The molecule has 3 N–H and O–H groups in total. The molecule has 1 nitrogen and oxygen atoms in total. The van der Waals surface area contributed by atoms with Gasteiger partial charge in [0.05, 0.1) is 0 Å². The van der Waals surface area contributed by atoms with Crippen LogP contribution in [0.4, 0.5) is 0 Å². The Bertz CT molecular complexity index is 386. The highest BCUT2D eigenvalue weighted by Gasteiger charge is 2.32. The number of allylic oxidation sites excluding steroid dienone is 1. The van der Waals surface area contributed by atoms with Crippen LogP contribution in [-0.4, -0.2) is 6.04 Å². The van der Waals surface area contributed by atoms with Gasteiger partial charge in [0.25, 0.3) is 0 Å². The Morgan fingerprint density at radius 3 is 2.80 bits per heavy atom. The number of hydrogen-bond acceptors (Lipinski definition) is 0. The first-order chi connectivity index (χ1) is 6.84. The molecule has 0 radical (unpaired) electrons. The summed E-state index contributed by atoms with van der Waals surface area (Å²) in [7, 11) is 0. The van der Waals surface area contributed by atoms with Crippen LogP contribution < -0.4 is 18.1 Å². The molecule has 0 aliphatic heterocycles. The van der Waals surface area contributed by atoms with Crippen LogP contribution in [0.2, 0.25) is 0 Å². The van der Waals surface area contributed by atoms with E-state index in [9.17, 15) is 0 Å². The van der Waals surface area contributed by atoms with Crippen molar-refractivity contribution in [2.75, 3.05) is 0 Å². The van der Waals surface area contributed by atoms with E-state index in [1.54, 1.807) is 11.1 Å². The van der Waals surface area contributed by atoms with E-state index in [-0.39, 0.29) is 12.4 Å². The number of quaternary nitrogens is 1. The van der Waals surface area contributed by atoms with Crippen molar-refractivity contribution in [1.82, 2.24) is 0 Å². The highest BCUT2D eigenvalue weighted by atomic mass is 35.5. The van der Waals surface area contributed by atoms with Gasteiger partial charge in [0.15, 0.2) is 0 Å². The zero-order chi connectivity index (χ0) is 9.54. The van der Waals surface area contributed by atoms with E-state index >= 15 is 0 Å². The molecule has 80 valence electrons. The molecule has 0 fully saturated rings. The van der Waals surface area contributed by atoms with Gasteiger partial charge >= 0.3 is 0 Å². The number of rotatable bonds is 0.